The van der Waals surface area contributed by atoms with Crippen molar-refractivity contribution in [3.63, 3.8) is 0 Å². The Morgan fingerprint density at radius 3 is 2.85 bits per heavy atom. The summed E-state index contributed by atoms with van der Waals surface area (Å²) >= 11 is 2.13. The van der Waals surface area contributed by atoms with Gasteiger partial charge in [-0.25, -0.2) is 0 Å². The zero-order valence-electron chi connectivity index (χ0n) is 13.3. The average Bonchev–Trinajstić information content (AvgIpc) is 2.46. The number of hydrogen-bond donors (Lipinski definition) is 1. The molecule has 0 aromatic heterocycles. The van der Waals surface area contributed by atoms with Crippen LogP contribution in [-0.2, 0) is 6.54 Å². The predicted molar refractivity (Wildman–Crippen MR) is 91.9 cm³/mol. The molecule has 1 aliphatic heterocycles. The maximum absolute atomic E-state index is 3.50. The van der Waals surface area contributed by atoms with Crippen molar-refractivity contribution < 1.29 is 0 Å². The second-order valence-corrected chi connectivity index (χ2v) is 7.40. The predicted octanol–water partition coefficient (Wildman–Crippen LogP) is 3.82. The Hall–Kier alpha value is -0.670. The van der Waals surface area contributed by atoms with E-state index >= 15 is 0 Å². The molecule has 0 saturated carbocycles. The van der Waals surface area contributed by atoms with Crippen LogP contribution in [0.25, 0.3) is 0 Å². The summed E-state index contributed by atoms with van der Waals surface area (Å²) in [6, 6.07) is 7.49. The molecule has 0 radical (unpaired) electrons. The fourth-order valence-corrected chi connectivity index (χ4v) is 3.77. The van der Waals surface area contributed by atoms with Crippen molar-refractivity contribution in [1.82, 2.24) is 5.32 Å². The molecule has 1 aromatic rings. The fraction of sp³-hybridized carbons (Fsp3) is 0.647. The molecule has 2 rings (SSSR count). The van der Waals surface area contributed by atoms with Gasteiger partial charge in [0.15, 0.2) is 0 Å². The summed E-state index contributed by atoms with van der Waals surface area (Å²) in [5, 5.41) is 4.30. The first-order valence-corrected chi connectivity index (χ1v) is 8.84. The molecule has 1 atom stereocenters. The van der Waals surface area contributed by atoms with E-state index in [1.807, 2.05) is 0 Å². The quantitative estimate of drug-likeness (QED) is 0.888. The Morgan fingerprint density at radius 1 is 1.40 bits per heavy atom. The second-order valence-electron chi connectivity index (χ2n) is 5.99. The van der Waals surface area contributed by atoms with Crippen LogP contribution in [0.3, 0.4) is 0 Å². The van der Waals surface area contributed by atoms with E-state index < -0.39 is 0 Å². The third-order valence-electron chi connectivity index (χ3n) is 3.99. The van der Waals surface area contributed by atoms with Crippen LogP contribution >= 0.6 is 11.8 Å². The van der Waals surface area contributed by atoms with Crippen molar-refractivity contribution in [3.05, 3.63) is 29.3 Å². The van der Waals surface area contributed by atoms with Crippen molar-refractivity contribution in [2.75, 3.05) is 23.7 Å². The molecular formula is C17H28N2S. The molecule has 0 bridgehead atoms. The van der Waals surface area contributed by atoms with E-state index in [1.54, 1.807) is 0 Å². The third kappa shape index (κ3) is 4.16. The third-order valence-corrected chi connectivity index (χ3v) is 5.36. The standard InChI is InChI=1S/C17H28N2S/c1-5-17-12-19(8-9-20-17)16-7-6-15(14(4)10-16)11-18-13(2)3/h6-7,10,13,17-18H,5,8-9,11-12H2,1-4H3. The minimum Gasteiger partial charge on any atom is -0.370 e. The molecular weight excluding hydrogens is 264 g/mol. The van der Waals surface area contributed by atoms with E-state index in [4.69, 9.17) is 0 Å². The van der Waals surface area contributed by atoms with Gasteiger partial charge in [0.2, 0.25) is 0 Å². The van der Waals surface area contributed by atoms with Crippen LogP contribution in [0.1, 0.15) is 38.3 Å². The van der Waals surface area contributed by atoms with Gasteiger partial charge in [-0.1, -0.05) is 26.8 Å². The normalized spacial score (nSPS) is 19.6. The second kappa shape index (κ2) is 7.37. The Bertz CT molecular complexity index is 431. The van der Waals surface area contributed by atoms with Crippen LogP contribution in [0.2, 0.25) is 0 Å². The topological polar surface area (TPSA) is 15.3 Å². The molecule has 1 unspecified atom stereocenters. The van der Waals surface area contributed by atoms with Crippen LogP contribution in [0.15, 0.2) is 18.2 Å². The Labute approximate surface area is 128 Å². The van der Waals surface area contributed by atoms with E-state index in [9.17, 15) is 0 Å². The number of thioether (sulfide) groups is 1. The number of nitrogens with one attached hydrogen (secondary N) is 1. The largest absolute Gasteiger partial charge is 0.370 e. The lowest BCUT2D eigenvalue weighted by Gasteiger charge is -2.34. The number of benzene rings is 1. The van der Waals surface area contributed by atoms with E-state index in [1.165, 1.54) is 42.1 Å². The van der Waals surface area contributed by atoms with Crippen LogP contribution in [0.5, 0.6) is 0 Å². The zero-order valence-corrected chi connectivity index (χ0v) is 14.1. The highest BCUT2D eigenvalue weighted by molar-refractivity contribution is 8.00. The Balaban J connectivity index is 2.04. The molecule has 1 aliphatic rings. The van der Waals surface area contributed by atoms with Gasteiger partial charge in [-0.2, -0.15) is 11.8 Å². The molecule has 0 amide bonds. The highest BCUT2D eigenvalue weighted by Crippen LogP contribution is 2.27. The van der Waals surface area contributed by atoms with Gasteiger partial charge in [0.25, 0.3) is 0 Å². The summed E-state index contributed by atoms with van der Waals surface area (Å²) in [6.45, 7) is 12.3. The van der Waals surface area contributed by atoms with Gasteiger partial charge >= 0.3 is 0 Å². The fourth-order valence-electron chi connectivity index (χ4n) is 2.59. The smallest absolute Gasteiger partial charge is 0.0369 e. The number of aryl methyl sites for hydroxylation is 1. The number of nitrogens with zero attached hydrogens (tertiary/aromatic N) is 1. The van der Waals surface area contributed by atoms with Gasteiger partial charge in [0.05, 0.1) is 0 Å². The van der Waals surface area contributed by atoms with E-state index in [2.05, 4.69) is 67.9 Å². The van der Waals surface area contributed by atoms with E-state index in [0.717, 1.165) is 11.8 Å². The minimum atomic E-state index is 0.540. The zero-order chi connectivity index (χ0) is 14.5. The van der Waals surface area contributed by atoms with Gasteiger partial charge in [-0.15, -0.1) is 0 Å². The number of hydrogen-bond acceptors (Lipinski definition) is 3. The summed E-state index contributed by atoms with van der Waals surface area (Å²) in [4.78, 5) is 2.55. The molecule has 20 heavy (non-hydrogen) atoms. The van der Waals surface area contributed by atoms with E-state index in [-0.39, 0.29) is 0 Å². The molecule has 1 heterocycles. The molecule has 1 fully saturated rings. The number of rotatable bonds is 5. The van der Waals surface area contributed by atoms with Gasteiger partial charge in [0, 0.05) is 42.4 Å². The van der Waals surface area contributed by atoms with Crippen LogP contribution < -0.4 is 10.2 Å². The lowest BCUT2D eigenvalue weighted by atomic mass is 10.1. The van der Waals surface area contributed by atoms with Gasteiger partial charge < -0.3 is 10.2 Å². The van der Waals surface area contributed by atoms with Crippen molar-refractivity contribution in [2.45, 2.75) is 52.0 Å². The van der Waals surface area contributed by atoms with Gasteiger partial charge in [-0.3, -0.25) is 0 Å². The molecule has 0 spiro atoms. The van der Waals surface area contributed by atoms with Crippen molar-refractivity contribution in [1.29, 1.82) is 0 Å². The summed E-state index contributed by atoms with van der Waals surface area (Å²) in [6.07, 6.45) is 1.27. The molecule has 112 valence electrons. The lowest BCUT2D eigenvalue weighted by molar-refractivity contribution is 0.587. The van der Waals surface area contributed by atoms with Crippen molar-refractivity contribution in [2.24, 2.45) is 0 Å². The monoisotopic (exact) mass is 292 g/mol. The average molecular weight is 292 g/mol. The molecule has 1 N–H and O–H groups in total. The lowest BCUT2D eigenvalue weighted by Crippen LogP contribution is -2.37. The van der Waals surface area contributed by atoms with Gasteiger partial charge in [0.1, 0.15) is 0 Å². The Kier molecular flexibility index (Phi) is 5.79. The molecule has 3 heteroatoms. The molecule has 0 aliphatic carbocycles. The van der Waals surface area contributed by atoms with Crippen LogP contribution in [0.4, 0.5) is 5.69 Å². The first-order valence-electron chi connectivity index (χ1n) is 7.79. The number of anilines is 1. The summed E-state index contributed by atoms with van der Waals surface area (Å²) in [5.74, 6) is 1.26. The Morgan fingerprint density at radius 2 is 2.20 bits per heavy atom. The highest BCUT2D eigenvalue weighted by Gasteiger charge is 2.19. The van der Waals surface area contributed by atoms with Crippen LogP contribution in [-0.4, -0.2) is 30.1 Å². The van der Waals surface area contributed by atoms with Gasteiger partial charge in [-0.05, 0) is 36.6 Å². The minimum absolute atomic E-state index is 0.540. The maximum atomic E-state index is 3.50. The SMILES string of the molecule is CCC1CN(c2ccc(CNC(C)C)c(C)c2)CCS1. The molecule has 2 nitrogen and oxygen atoms in total. The summed E-state index contributed by atoms with van der Waals surface area (Å²) in [5.41, 5.74) is 4.22. The van der Waals surface area contributed by atoms with E-state index in [0.29, 0.717) is 6.04 Å². The highest BCUT2D eigenvalue weighted by atomic mass is 32.2. The first-order chi connectivity index (χ1) is 9.60. The summed E-state index contributed by atoms with van der Waals surface area (Å²) in [7, 11) is 0. The first kappa shape index (κ1) is 15.7. The van der Waals surface area contributed by atoms with Crippen molar-refractivity contribution in [3.8, 4) is 0 Å². The molecule has 1 saturated heterocycles. The van der Waals surface area contributed by atoms with Crippen LogP contribution in [0, 0.1) is 6.92 Å². The molecule has 1 aromatic carbocycles. The maximum Gasteiger partial charge on any atom is 0.0369 e. The van der Waals surface area contributed by atoms with Crippen molar-refractivity contribution >= 4 is 17.4 Å². The summed E-state index contributed by atoms with van der Waals surface area (Å²) < 4.78 is 0.